The second-order valence-corrected chi connectivity index (χ2v) is 6.63. The maximum absolute atomic E-state index is 13.0. The van der Waals surface area contributed by atoms with E-state index in [4.69, 9.17) is 9.26 Å². The van der Waals surface area contributed by atoms with E-state index in [9.17, 15) is 4.79 Å². The molecule has 1 aliphatic rings. The van der Waals surface area contributed by atoms with Gasteiger partial charge >= 0.3 is 0 Å². The highest BCUT2D eigenvalue weighted by Gasteiger charge is 2.35. The van der Waals surface area contributed by atoms with E-state index in [1.54, 1.807) is 0 Å². The molecule has 6 heteroatoms. The third kappa shape index (κ3) is 2.59. The molecule has 1 atom stereocenters. The number of aromatic nitrogens is 2. The molecular weight excluding hydrogens is 282 g/mol. The zero-order chi connectivity index (χ0) is 16.1. The minimum absolute atomic E-state index is 0.00898. The van der Waals surface area contributed by atoms with Crippen LogP contribution < -0.4 is 0 Å². The molecule has 3 rings (SSSR count). The predicted octanol–water partition coefficient (Wildman–Crippen LogP) is 2.48. The zero-order valence-electron chi connectivity index (χ0n) is 13.6. The monoisotopic (exact) mass is 303 g/mol. The quantitative estimate of drug-likeness (QED) is 0.809. The molecule has 0 saturated carbocycles. The smallest absolute Gasteiger partial charge is 0.258 e. The lowest BCUT2D eigenvalue weighted by atomic mass is 10.0. The molecule has 118 valence electrons. The van der Waals surface area contributed by atoms with Gasteiger partial charge in [0.2, 0.25) is 0 Å². The molecule has 0 aliphatic carbocycles. The topological polar surface area (TPSA) is 68.5 Å². The van der Waals surface area contributed by atoms with Gasteiger partial charge in [-0.15, -0.1) is 0 Å². The highest BCUT2D eigenvalue weighted by molar-refractivity contribution is 6.06. The first kappa shape index (κ1) is 15.0. The Bertz CT molecular complexity index is 736. The molecule has 3 heterocycles. The van der Waals surface area contributed by atoms with Gasteiger partial charge in [-0.25, -0.2) is 4.98 Å². The largest absolute Gasteiger partial charge is 0.369 e. The van der Waals surface area contributed by atoms with Crippen molar-refractivity contribution in [2.24, 2.45) is 0 Å². The Morgan fingerprint density at radius 3 is 2.82 bits per heavy atom. The van der Waals surface area contributed by atoms with Crippen molar-refractivity contribution in [2.45, 2.75) is 46.3 Å². The van der Waals surface area contributed by atoms with E-state index < -0.39 is 0 Å². The van der Waals surface area contributed by atoms with Crippen LogP contribution in [0.2, 0.25) is 0 Å². The van der Waals surface area contributed by atoms with Gasteiger partial charge in [-0.05, 0) is 40.7 Å². The Morgan fingerprint density at radius 1 is 1.41 bits per heavy atom. The fraction of sp³-hybridized carbons (Fsp3) is 0.562. The summed E-state index contributed by atoms with van der Waals surface area (Å²) in [5.41, 5.74) is 2.10. The Hall–Kier alpha value is -1.95. The summed E-state index contributed by atoms with van der Waals surface area (Å²) in [5.74, 6) is -0.0231. The number of rotatable bonds is 1. The molecule has 0 bridgehead atoms. The summed E-state index contributed by atoms with van der Waals surface area (Å²) < 4.78 is 11.1. The van der Waals surface area contributed by atoms with E-state index in [0.29, 0.717) is 35.4 Å². The van der Waals surface area contributed by atoms with Crippen LogP contribution in [0.15, 0.2) is 10.6 Å². The summed E-state index contributed by atoms with van der Waals surface area (Å²) in [7, 11) is 0. The van der Waals surface area contributed by atoms with Gasteiger partial charge in [-0.2, -0.15) is 0 Å². The van der Waals surface area contributed by atoms with Crippen LogP contribution in [0.25, 0.3) is 11.1 Å². The SMILES string of the molecule is Cc1cc(C(=O)N2C[C@H](C)OC(C)(C)C2)c2c(C)noc2n1. The fourth-order valence-electron chi connectivity index (χ4n) is 3.17. The Balaban J connectivity index is 2.03. The first-order chi connectivity index (χ1) is 10.3. The second kappa shape index (κ2) is 5.05. The Morgan fingerprint density at radius 2 is 2.14 bits per heavy atom. The predicted molar refractivity (Wildman–Crippen MR) is 81.8 cm³/mol. The molecule has 0 aromatic carbocycles. The third-order valence-electron chi connectivity index (χ3n) is 3.83. The van der Waals surface area contributed by atoms with Crippen LogP contribution in [0.5, 0.6) is 0 Å². The minimum Gasteiger partial charge on any atom is -0.369 e. The van der Waals surface area contributed by atoms with Crippen LogP contribution in [0.1, 0.15) is 42.5 Å². The number of morpholine rings is 1. The zero-order valence-corrected chi connectivity index (χ0v) is 13.6. The number of carbonyl (C=O) groups excluding carboxylic acids is 1. The lowest BCUT2D eigenvalue weighted by Gasteiger charge is -2.41. The van der Waals surface area contributed by atoms with Crippen LogP contribution in [0.4, 0.5) is 0 Å². The summed E-state index contributed by atoms with van der Waals surface area (Å²) in [5, 5.41) is 4.64. The first-order valence-electron chi connectivity index (χ1n) is 7.47. The average Bonchev–Trinajstić information content (AvgIpc) is 2.76. The van der Waals surface area contributed by atoms with Crippen molar-refractivity contribution in [3.05, 3.63) is 23.0 Å². The van der Waals surface area contributed by atoms with E-state index >= 15 is 0 Å². The van der Waals surface area contributed by atoms with E-state index in [-0.39, 0.29) is 17.6 Å². The molecule has 0 spiro atoms. The summed E-state index contributed by atoms with van der Waals surface area (Å²) in [6, 6.07) is 1.81. The van der Waals surface area contributed by atoms with Crippen molar-refractivity contribution in [2.75, 3.05) is 13.1 Å². The number of fused-ring (bicyclic) bond motifs is 1. The van der Waals surface area contributed by atoms with Crippen molar-refractivity contribution < 1.29 is 14.1 Å². The normalized spacial score (nSPS) is 21.3. The number of pyridine rings is 1. The van der Waals surface area contributed by atoms with Gasteiger partial charge < -0.3 is 14.2 Å². The lowest BCUT2D eigenvalue weighted by Crippen LogP contribution is -2.53. The van der Waals surface area contributed by atoms with E-state index in [1.165, 1.54) is 0 Å². The third-order valence-corrected chi connectivity index (χ3v) is 3.83. The summed E-state index contributed by atoms with van der Waals surface area (Å²) in [6.45, 7) is 10.8. The lowest BCUT2D eigenvalue weighted by molar-refractivity contribution is -0.118. The molecule has 1 amide bonds. The van der Waals surface area contributed by atoms with Gasteiger partial charge in [0, 0.05) is 18.8 Å². The molecule has 2 aromatic heterocycles. The number of aryl methyl sites for hydroxylation is 2. The van der Waals surface area contributed by atoms with Crippen molar-refractivity contribution in [1.29, 1.82) is 0 Å². The molecule has 1 saturated heterocycles. The van der Waals surface area contributed by atoms with Crippen LogP contribution >= 0.6 is 0 Å². The van der Waals surface area contributed by atoms with Crippen molar-refractivity contribution >= 4 is 17.0 Å². The number of amides is 1. The molecule has 0 N–H and O–H groups in total. The number of hydrogen-bond donors (Lipinski definition) is 0. The summed E-state index contributed by atoms with van der Waals surface area (Å²) in [6.07, 6.45) is 0.00898. The maximum Gasteiger partial charge on any atom is 0.258 e. The van der Waals surface area contributed by atoms with Gasteiger partial charge in [-0.3, -0.25) is 4.79 Å². The Kier molecular flexibility index (Phi) is 3.44. The number of hydrogen-bond acceptors (Lipinski definition) is 5. The molecule has 1 fully saturated rings. The maximum atomic E-state index is 13.0. The molecule has 0 unspecified atom stereocenters. The molecule has 0 radical (unpaired) electrons. The highest BCUT2D eigenvalue weighted by atomic mass is 16.5. The van der Waals surface area contributed by atoms with Crippen LogP contribution in [-0.2, 0) is 4.74 Å². The standard InChI is InChI=1S/C16H21N3O3/c1-9-6-12(13-11(3)18-22-14(13)17-9)15(20)19-7-10(2)21-16(4,5)8-19/h6,10H,7-8H2,1-5H3/t10-/m0/s1. The van der Waals surface area contributed by atoms with E-state index in [0.717, 1.165) is 5.69 Å². The van der Waals surface area contributed by atoms with Gasteiger partial charge in [0.25, 0.3) is 11.6 Å². The van der Waals surface area contributed by atoms with Gasteiger partial charge in [0.1, 0.15) is 0 Å². The second-order valence-electron chi connectivity index (χ2n) is 6.63. The minimum atomic E-state index is -0.349. The van der Waals surface area contributed by atoms with Crippen molar-refractivity contribution in [1.82, 2.24) is 15.0 Å². The van der Waals surface area contributed by atoms with Crippen LogP contribution in [0.3, 0.4) is 0 Å². The molecule has 22 heavy (non-hydrogen) atoms. The molecule has 6 nitrogen and oxygen atoms in total. The van der Waals surface area contributed by atoms with Crippen LogP contribution in [0, 0.1) is 13.8 Å². The number of ether oxygens (including phenoxy) is 1. The van der Waals surface area contributed by atoms with E-state index in [1.807, 2.05) is 45.6 Å². The number of carbonyl (C=O) groups is 1. The summed E-state index contributed by atoms with van der Waals surface area (Å²) in [4.78, 5) is 19.2. The van der Waals surface area contributed by atoms with Crippen LogP contribution in [-0.4, -0.2) is 45.7 Å². The Labute approximate surface area is 129 Å². The van der Waals surface area contributed by atoms with Gasteiger partial charge in [0.15, 0.2) is 0 Å². The van der Waals surface area contributed by atoms with E-state index in [2.05, 4.69) is 10.1 Å². The van der Waals surface area contributed by atoms with Gasteiger partial charge in [-0.1, -0.05) is 5.16 Å². The van der Waals surface area contributed by atoms with Crippen molar-refractivity contribution in [3.8, 4) is 0 Å². The first-order valence-corrected chi connectivity index (χ1v) is 7.47. The molecule has 2 aromatic rings. The van der Waals surface area contributed by atoms with Crippen molar-refractivity contribution in [3.63, 3.8) is 0 Å². The number of nitrogens with zero attached hydrogens (tertiary/aromatic N) is 3. The average molecular weight is 303 g/mol. The van der Waals surface area contributed by atoms with Gasteiger partial charge in [0.05, 0.1) is 28.3 Å². The molecule has 1 aliphatic heterocycles. The summed E-state index contributed by atoms with van der Waals surface area (Å²) >= 11 is 0. The highest BCUT2D eigenvalue weighted by Crippen LogP contribution is 2.26. The fourth-order valence-corrected chi connectivity index (χ4v) is 3.17. The molecular formula is C16H21N3O3.